The Balaban J connectivity index is 0.000000162. The molecule has 0 saturated carbocycles. The van der Waals surface area contributed by atoms with Gasteiger partial charge in [-0.25, -0.2) is 9.74 Å². The van der Waals surface area contributed by atoms with Crippen LogP contribution in [0.1, 0.15) is 22.3 Å². The molecule has 2 aliphatic rings. The summed E-state index contributed by atoms with van der Waals surface area (Å²) in [6.07, 6.45) is 3.78. The minimum Gasteiger partial charge on any atom is -0.453 e. The predicted molar refractivity (Wildman–Crippen MR) is 130 cm³/mol. The van der Waals surface area contributed by atoms with Crippen molar-refractivity contribution in [3.05, 3.63) is 89.0 Å². The van der Waals surface area contributed by atoms with E-state index < -0.39 is 0 Å². The van der Waals surface area contributed by atoms with Gasteiger partial charge in [0.25, 0.3) is 0 Å². The van der Waals surface area contributed by atoms with Gasteiger partial charge in [0.15, 0.2) is 0 Å². The molecule has 0 saturated heterocycles. The van der Waals surface area contributed by atoms with Gasteiger partial charge in [-0.05, 0) is 49.2 Å². The molecule has 0 spiro atoms. The highest BCUT2D eigenvalue weighted by Crippen LogP contribution is 2.25. The van der Waals surface area contributed by atoms with Gasteiger partial charge in [-0.1, -0.05) is 42.5 Å². The lowest BCUT2D eigenvalue weighted by Crippen LogP contribution is -2.37. The summed E-state index contributed by atoms with van der Waals surface area (Å²) in [4.78, 5) is 19.0. The van der Waals surface area contributed by atoms with Crippen molar-refractivity contribution < 1.29 is 28.4 Å². The SMILES string of the molecule is Cc1cccc2c1OC[N+](C(=O)N(C)C)=C2.Cc1cccc2c1OC[N+](Oc1ccccc1)=C2. The molecule has 2 aliphatic heterocycles. The summed E-state index contributed by atoms with van der Waals surface area (Å²) in [5.74, 6) is 2.60. The molecule has 0 aromatic heterocycles. The van der Waals surface area contributed by atoms with Gasteiger partial charge in [0.05, 0.1) is 25.2 Å². The van der Waals surface area contributed by atoms with Crippen molar-refractivity contribution in [1.29, 1.82) is 0 Å². The second-order valence-electron chi connectivity index (χ2n) is 8.26. The van der Waals surface area contributed by atoms with E-state index >= 15 is 0 Å². The lowest BCUT2D eigenvalue weighted by molar-refractivity contribution is -0.759. The van der Waals surface area contributed by atoms with E-state index in [-0.39, 0.29) is 12.8 Å². The van der Waals surface area contributed by atoms with Crippen LogP contribution in [0.4, 0.5) is 4.79 Å². The molecule has 0 unspecified atom stereocenters. The van der Waals surface area contributed by atoms with E-state index in [4.69, 9.17) is 14.3 Å². The largest absolute Gasteiger partial charge is 0.495 e. The van der Waals surface area contributed by atoms with Crippen LogP contribution in [-0.4, -0.2) is 60.2 Å². The summed E-state index contributed by atoms with van der Waals surface area (Å²) in [7, 11) is 3.45. The maximum absolute atomic E-state index is 11.7. The standard InChI is InChI=1S/C15H14NO2.C12H15N2O2/c1-12-6-5-7-13-10-16(11-17-15(12)13)18-14-8-3-2-4-9-14;1-9-5-4-6-10-7-14(8-16-11(9)10)12(15)13(2)3/h2-10H,11H2,1H3;4-7H,8H2,1-3H3/q2*+1. The van der Waals surface area contributed by atoms with E-state index in [9.17, 15) is 4.79 Å². The van der Waals surface area contributed by atoms with Crippen LogP contribution in [0.5, 0.6) is 17.2 Å². The van der Waals surface area contributed by atoms with E-state index in [0.717, 1.165) is 39.5 Å². The topological polar surface area (TPSA) is 54.0 Å². The van der Waals surface area contributed by atoms with Crippen molar-refractivity contribution in [3.8, 4) is 17.2 Å². The molecule has 0 bridgehead atoms. The van der Waals surface area contributed by atoms with Gasteiger partial charge in [-0.2, -0.15) is 9.37 Å². The first kappa shape index (κ1) is 23.0. The minimum absolute atomic E-state index is 0.0767. The van der Waals surface area contributed by atoms with Gasteiger partial charge in [0, 0.05) is 4.74 Å². The van der Waals surface area contributed by atoms with Crippen molar-refractivity contribution in [2.75, 3.05) is 27.6 Å². The van der Waals surface area contributed by atoms with E-state index in [0.29, 0.717) is 6.73 Å². The number of carbonyl (C=O) groups is 1. The number of carbonyl (C=O) groups excluding carboxylic acids is 1. The van der Waals surface area contributed by atoms with Crippen LogP contribution in [0.15, 0.2) is 66.7 Å². The molecule has 0 atom stereocenters. The first-order valence-corrected chi connectivity index (χ1v) is 11.0. The van der Waals surface area contributed by atoms with Gasteiger partial charge in [0.1, 0.15) is 17.7 Å². The Labute approximate surface area is 199 Å². The summed E-state index contributed by atoms with van der Waals surface area (Å²) < 4.78 is 14.5. The van der Waals surface area contributed by atoms with Crippen LogP contribution in [0.2, 0.25) is 0 Å². The number of benzene rings is 3. The van der Waals surface area contributed by atoms with E-state index in [1.165, 1.54) is 4.90 Å². The molecule has 0 N–H and O–H groups in total. The first-order valence-electron chi connectivity index (χ1n) is 11.0. The number of para-hydroxylation sites is 3. The first-order chi connectivity index (χ1) is 16.4. The number of ether oxygens (including phenoxy) is 2. The molecule has 7 heteroatoms. The summed E-state index contributed by atoms with van der Waals surface area (Å²) in [5, 5.41) is 0. The van der Waals surface area contributed by atoms with E-state index in [2.05, 4.69) is 0 Å². The lowest BCUT2D eigenvalue weighted by atomic mass is 10.1. The van der Waals surface area contributed by atoms with E-state index in [1.54, 1.807) is 23.4 Å². The summed E-state index contributed by atoms with van der Waals surface area (Å²) in [6.45, 7) is 4.71. The highest BCUT2D eigenvalue weighted by Gasteiger charge is 2.24. The Morgan fingerprint density at radius 3 is 2.00 bits per heavy atom. The number of hydroxylamine groups is 1. The molecule has 34 heavy (non-hydrogen) atoms. The van der Waals surface area contributed by atoms with Crippen molar-refractivity contribution >= 4 is 18.5 Å². The molecule has 2 amide bonds. The third kappa shape index (κ3) is 5.26. The van der Waals surface area contributed by atoms with Crippen molar-refractivity contribution in [2.45, 2.75) is 13.8 Å². The Morgan fingerprint density at radius 2 is 1.38 bits per heavy atom. The van der Waals surface area contributed by atoms with Crippen LogP contribution in [0.3, 0.4) is 0 Å². The molecule has 0 radical (unpaired) electrons. The van der Waals surface area contributed by atoms with Crippen molar-refractivity contribution in [3.63, 3.8) is 0 Å². The predicted octanol–water partition coefficient (Wildman–Crippen LogP) is 4.23. The average molecular weight is 460 g/mol. The molecule has 174 valence electrons. The second-order valence-corrected chi connectivity index (χ2v) is 8.26. The third-order valence-corrected chi connectivity index (χ3v) is 5.34. The zero-order valence-electron chi connectivity index (χ0n) is 19.9. The van der Waals surface area contributed by atoms with E-state index in [1.807, 2.05) is 93.0 Å². The van der Waals surface area contributed by atoms with Gasteiger partial charge >= 0.3 is 12.8 Å². The fourth-order valence-corrected chi connectivity index (χ4v) is 3.64. The Kier molecular flexibility index (Phi) is 6.92. The number of nitrogens with zero attached hydrogens (tertiary/aromatic N) is 3. The average Bonchev–Trinajstić information content (AvgIpc) is 2.84. The quantitative estimate of drug-likeness (QED) is 0.539. The summed E-state index contributed by atoms with van der Waals surface area (Å²) in [6, 6.07) is 21.6. The van der Waals surface area contributed by atoms with Crippen LogP contribution >= 0.6 is 0 Å². The minimum atomic E-state index is -0.0767. The Hall–Kier alpha value is -4.13. The van der Waals surface area contributed by atoms with Crippen molar-refractivity contribution in [2.24, 2.45) is 0 Å². The van der Waals surface area contributed by atoms with Gasteiger partial charge in [-0.15, -0.1) is 0 Å². The number of rotatable bonds is 2. The summed E-state index contributed by atoms with van der Waals surface area (Å²) >= 11 is 0. The van der Waals surface area contributed by atoms with Crippen LogP contribution in [-0.2, 0) is 0 Å². The zero-order valence-corrected chi connectivity index (χ0v) is 19.9. The monoisotopic (exact) mass is 459 g/mol. The molecular formula is C27H29N3O4+2. The molecule has 3 aromatic rings. The maximum atomic E-state index is 11.7. The Bertz CT molecular complexity index is 1250. The number of hydrogen-bond donors (Lipinski definition) is 0. The van der Waals surface area contributed by atoms with Gasteiger partial charge < -0.3 is 9.47 Å². The number of amides is 2. The normalized spacial score (nSPS) is 13.4. The molecule has 0 fully saturated rings. The molecule has 3 aromatic carbocycles. The number of aryl methyl sites for hydroxylation is 2. The van der Waals surface area contributed by atoms with Crippen molar-refractivity contribution in [1.82, 2.24) is 4.90 Å². The lowest BCUT2D eigenvalue weighted by Gasteiger charge is -2.17. The number of fused-ring (bicyclic) bond motifs is 2. The van der Waals surface area contributed by atoms with Crippen LogP contribution < -0.4 is 14.3 Å². The fraction of sp³-hybridized carbons (Fsp3) is 0.222. The number of urea groups is 1. The number of hydrogen-bond acceptors (Lipinski definition) is 4. The molecule has 0 aliphatic carbocycles. The summed E-state index contributed by atoms with van der Waals surface area (Å²) in [5.41, 5.74) is 4.22. The fourth-order valence-electron chi connectivity index (χ4n) is 3.64. The highest BCUT2D eigenvalue weighted by molar-refractivity contribution is 5.85. The zero-order chi connectivity index (χ0) is 24.1. The maximum Gasteiger partial charge on any atom is 0.495 e. The smallest absolute Gasteiger partial charge is 0.453 e. The molecular weight excluding hydrogens is 430 g/mol. The second kappa shape index (κ2) is 10.2. The van der Waals surface area contributed by atoms with Gasteiger partial charge in [-0.3, -0.25) is 0 Å². The Morgan fingerprint density at radius 1 is 0.794 bits per heavy atom. The van der Waals surface area contributed by atoms with Gasteiger partial charge in [0.2, 0.25) is 18.7 Å². The van der Waals surface area contributed by atoms with Crippen LogP contribution in [0, 0.1) is 13.8 Å². The molecule has 7 nitrogen and oxygen atoms in total. The molecule has 5 rings (SSSR count). The van der Waals surface area contributed by atoms with Crippen LogP contribution in [0.25, 0.3) is 0 Å². The molecule has 2 heterocycles. The third-order valence-electron chi connectivity index (χ3n) is 5.34. The highest BCUT2D eigenvalue weighted by atomic mass is 16.7.